The molecule has 2 saturated heterocycles. The number of hydrogen-bond donors (Lipinski definition) is 0. The first kappa shape index (κ1) is 42.5. The number of fused-ring (bicyclic) bond motifs is 2. The lowest BCUT2D eigenvalue weighted by Crippen LogP contribution is -2.50. The molecule has 0 saturated carbocycles. The number of sulfonamides is 2. The summed E-state index contributed by atoms with van der Waals surface area (Å²) in [6.07, 6.45) is 2.16. The van der Waals surface area contributed by atoms with E-state index >= 15 is 0 Å². The predicted molar refractivity (Wildman–Crippen MR) is 235 cm³/mol. The van der Waals surface area contributed by atoms with E-state index in [1.165, 1.54) is 20.7 Å². The first-order chi connectivity index (χ1) is 28.9. The van der Waals surface area contributed by atoms with Crippen molar-refractivity contribution in [3.63, 3.8) is 0 Å². The van der Waals surface area contributed by atoms with Crippen LogP contribution in [0.5, 0.6) is 0 Å². The van der Waals surface area contributed by atoms with Gasteiger partial charge in [-0.15, -0.1) is 0 Å². The minimum atomic E-state index is -3.69. The van der Waals surface area contributed by atoms with E-state index in [2.05, 4.69) is 4.90 Å². The van der Waals surface area contributed by atoms with Crippen molar-refractivity contribution in [3.05, 3.63) is 141 Å². The van der Waals surface area contributed by atoms with E-state index in [0.717, 1.165) is 33.6 Å². The maximum atomic E-state index is 13.2. The molecule has 0 aromatic heterocycles. The lowest BCUT2D eigenvalue weighted by molar-refractivity contribution is 0.0988. The second-order valence-corrected chi connectivity index (χ2v) is 20.1. The number of rotatable bonds is 7. The molecule has 0 aliphatic carbocycles. The average Bonchev–Trinajstić information content (AvgIpc) is 3.27. The molecule has 314 valence electrons. The third-order valence-electron chi connectivity index (χ3n) is 11.4. The molecule has 0 bridgehead atoms. The molecule has 2 fully saturated rings. The fourth-order valence-corrected chi connectivity index (χ4v) is 12.1. The topological polar surface area (TPSA) is 117 Å². The molecule has 0 unspecified atom stereocenters. The first-order valence-corrected chi connectivity index (χ1v) is 23.7. The highest BCUT2D eigenvalue weighted by molar-refractivity contribution is 7.89. The van der Waals surface area contributed by atoms with Gasteiger partial charge in [-0.2, -0.15) is 8.61 Å². The van der Waals surface area contributed by atoms with Crippen molar-refractivity contribution in [2.24, 2.45) is 0 Å². The molecule has 0 radical (unpaired) electrons. The van der Waals surface area contributed by atoms with Crippen LogP contribution in [0.25, 0.3) is 11.1 Å². The summed E-state index contributed by atoms with van der Waals surface area (Å²) in [4.78, 5) is 16.7. The summed E-state index contributed by atoms with van der Waals surface area (Å²) in [5, 5.41) is 1.21. The molecule has 4 heterocycles. The highest BCUT2D eigenvalue weighted by atomic mass is 35.5. The maximum Gasteiger partial charge on any atom is 0.414 e. The molecule has 0 spiro atoms. The van der Waals surface area contributed by atoms with Crippen LogP contribution in [-0.4, -0.2) is 76.5 Å². The average molecular weight is 910 g/mol. The van der Waals surface area contributed by atoms with Gasteiger partial charge >= 0.3 is 6.09 Å². The molecule has 5 aromatic rings. The highest BCUT2D eigenvalue weighted by Crippen LogP contribution is 2.36. The number of carbonyl (C=O) groups excluding carboxylic acids is 1. The van der Waals surface area contributed by atoms with Gasteiger partial charge in [0, 0.05) is 65.1 Å². The van der Waals surface area contributed by atoms with Crippen LogP contribution in [0.1, 0.15) is 36.8 Å². The SMILES string of the molecule is O=C1OCc2ccccc2N1C1CCN(S(=O)(=O)c2ccc(-c3ccccc3)cc2)CC1.O=S(=O)(c1cc(Cl)ccc1Cl)N1CCC(N2COCc3cc(Cl)ccc32)CC1. The van der Waals surface area contributed by atoms with Crippen molar-refractivity contribution in [2.45, 2.75) is 60.8 Å². The Balaban J connectivity index is 0.000000168. The zero-order valence-electron chi connectivity index (χ0n) is 32.5. The number of cyclic esters (lactones) is 1. The number of amides is 1. The van der Waals surface area contributed by atoms with E-state index in [0.29, 0.717) is 80.1 Å². The van der Waals surface area contributed by atoms with Crippen LogP contribution in [0.2, 0.25) is 15.1 Å². The van der Waals surface area contributed by atoms with Crippen molar-refractivity contribution in [2.75, 3.05) is 42.7 Å². The van der Waals surface area contributed by atoms with Crippen LogP contribution in [0, 0.1) is 0 Å². The number of anilines is 2. The molecular weight excluding hydrogens is 867 g/mol. The van der Waals surface area contributed by atoms with E-state index in [-0.39, 0.29) is 34.7 Å². The van der Waals surface area contributed by atoms with Crippen LogP contribution >= 0.6 is 34.8 Å². The Morgan fingerprint density at radius 3 is 1.88 bits per heavy atom. The van der Waals surface area contributed by atoms with E-state index in [1.807, 2.05) is 84.9 Å². The Morgan fingerprint density at radius 1 is 0.567 bits per heavy atom. The van der Waals surface area contributed by atoms with Crippen molar-refractivity contribution >= 4 is 72.3 Å². The van der Waals surface area contributed by atoms with Gasteiger partial charge in [0.05, 0.1) is 22.2 Å². The Labute approximate surface area is 366 Å². The molecule has 60 heavy (non-hydrogen) atoms. The Bertz CT molecular complexity index is 2570. The van der Waals surface area contributed by atoms with Crippen LogP contribution < -0.4 is 9.80 Å². The van der Waals surface area contributed by atoms with Crippen molar-refractivity contribution in [1.29, 1.82) is 0 Å². The smallest absolute Gasteiger partial charge is 0.414 e. The van der Waals surface area contributed by atoms with Crippen molar-refractivity contribution in [1.82, 2.24) is 8.61 Å². The van der Waals surface area contributed by atoms with Gasteiger partial charge in [-0.05, 0) is 91.4 Å². The van der Waals surface area contributed by atoms with Crippen LogP contribution in [0.4, 0.5) is 16.2 Å². The minimum Gasteiger partial charge on any atom is -0.444 e. The molecule has 9 rings (SSSR count). The zero-order chi connectivity index (χ0) is 42.0. The number of nitrogens with zero attached hydrogens (tertiary/aromatic N) is 4. The van der Waals surface area contributed by atoms with Crippen LogP contribution in [-0.2, 0) is 42.7 Å². The van der Waals surface area contributed by atoms with Gasteiger partial charge in [-0.1, -0.05) is 95.5 Å². The summed E-state index contributed by atoms with van der Waals surface area (Å²) in [6.45, 7) is 2.85. The minimum absolute atomic E-state index is 0.0569. The molecule has 4 aliphatic rings. The summed E-state index contributed by atoms with van der Waals surface area (Å²) < 4.78 is 66.5. The van der Waals surface area contributed by atoms with Gasteiger partial charge in [-0.25, -0.2) is 21.6 Å². The van der Waals surface area contributed by atoms with Gasteiger partial charge < -0.3 is 14.4 Å². The lowest BCUT2D eigenvalue weighted by Gasteiger charge is -2.41. The van der Waals surface area contributed by atoms with Crippen LogP contribution in [0.3, 0.4) is 0 Å². The normalized spacial score (nSPS) is 18.2. The number of halogens is 3. The third kappa shape index (κ3) is 8.91. The summed E-state index contributed by atoms with van der Waals surface area (Å²) >= 11 is 18.2. The van der Waals surface area contributed by atoms with Gasteiger partial charge in [0.1, 0.15) is 18.2 Å². The summed E-state index contributed by atoms with van der Waals surface area (Å²) in [6, 6.07) is 35.0. The molecule has 0 atom stereocenters. The van der Waals surface area contributed by atoms with Crippen molar-refractivity contribution in [3.8, 4) is 11.1 Å². The van der Waals surface area contributed by atoms with E-state index in [9.17, 15) is 21.6 Å². The summed E-state index contributed by atoms with van der Waals surface area (Å²) in [7, 11) is -7.28. The first-order valence-electron chi connectivity index (χ1n) is 19.7. The summed E-state index contributed by atoms with van der Waals surface area (Å²) in [5.41, 5.74) is 6.02. The van der Waals surface area contributed by atoms with E-state index in [1.54, 1.807) is 23.1 Å². The summed E-state index contributed by atoms with van der Waals surface area (Å²) in [5.74, 6) is 0. The molecular formula is C44H43Cl3N4O7S2. The number of para-hydroxylation sites is 1. The number of ether oxygens (including phenoxy) is 2. The number of carbonyl (C=O) groups is 1. The van der Waals surface area contributed by atoms with Crippen LogP contribution in [0.15, 0.2) is 125 Å². The second-order valence-electron chi connectivity index (χ2n) is 15.0. The Morgan fingerprint density at radius 2 is 1.17 bits per heavy atom. The largest absolute Gasteiger partial charge is 0.444 e. The zero-order valence-corrected chi connectivity index (χ0v) is 36.4. The van der Waals surface area contributed by atoms with Gasteiger partial charge in [0.25, 0.3) is 0 Å². The quantitative estimate of drug-likeness (QED) is 0.159. The molecule has 16 heteroatoms. The molecule has 5 aromatic carbocycles. The number of benzene rings is 5. The number of hydrogen-bond acceptors (Lipinski definition) is 8. The van der Waals surface area contributed by atoms with Gasteiger partial charge in [-0.3, -0.25) is 4.90 Å². The molecule has 4 aliphatic heterocycles. The monoisotopic (exact) mass is 908 g/mol. The lowest BCUT2D eigenvalue weighted by atomic mass is 10.0. The molecule has 0 N–H and O–H groups in total. The van der Waals surface area contributed by atoms with Gasteiger partial charge in [0.2, 0.25) is 20.0 Å². The highest BCUT2D eigenvalue weighted by Gasteiger charge is 2.38. The standard InChI is InChI=1S/C25H24N2O4S.C19H19Cl3N2O3S/c28-25-27(24-9-5-4-8-21(24)18-31-25)22-14-16-26(17-15-22)32(29,30)23-12-10-20(11-13-23)19-6-2-1-3-7-19;20-14-2-4-18-13(9-14)11-27-12-24(18)16-5-7-23(8-6-16)28(25,26)19-10-15(21)1-3-17(19)22/h1-13,22H,14-18H2;1-4,9-10,16H,5-8,11-12H2. The van der Waals surface area contributed by atoms with E-state index < -0.39 is 20.0 Å². The predicted octanol–water partition coefficient (Wildman–Crippen LogP) is 9.46. The fourth-order valence-electron chi connectivity index (χ4n) is 8.24. The van der Waals surface area contributed by atoms with Crippen molar-refractivity contribution < 1.29 is 31.1 Å². The molecule has 11 nitrogen and oxygen atoms in total. The van der Waals surface area contributed by atoms with E-state index in [4.69, 9.17) is 44.3 Å². The van der Waals surface area contributed by atoms with Gasteiger partial charge in [0.15, 0.2) is 0 Å². The Kier molecular flexibility index (Phi) is 12.8. The maximum absolute atomic E-state index is 13.2. The number of piperidine rings is 2. The third-order valence-corrected chi connectivity index (χ3v) is 16.2. The second kappa shape index (κ2) is 18.0. The Hall–Kier alpha value is -4.18. The fraction of sp³-hybridized carbons (Fsp3) is 0.295. The molecule has 1 amide bonds.